The minimum absolute atomic E-state index is 0.0592. The Morgan fingerprint density at radius 3 is 2.61 bits per heavy atom. The Morgan fingerprint density at radius 1 is 1.39 bits per heavy atom. The summed E-state index contributed by atoms with van der Waals surface area (Å²) in [5.41, 5.74) is 0. The van der Waals surface area contributed by atoms with Crippen LogP contribution in [0.15, 0.2) is 0 Å². The molecular weight excluding hydrogens is 238 g/mol. The monoisotopic (exact) mass is 259 g/mol. The lowest BCUT2D eigenvalue weighted by Crippen LogP contribution is -2.66. The van der Waals surface area contributed by atoms with Crippen molar-refractivity contribution in [3.8, 4) is 0 Å². The third-order valence-corrected chi connectivity index (χ3v) is 3.17. The molecule has 104 valence electrons. The maximum atomic E-state index is 11.8. The van der Waals surface area contributed by atoms with Crippen LogP contribution in [0.2, 0.25) is 0 Å². The minimum Gasteiger partial charge on any atom is -0.364 e. The summed E-state index contributed by atoms with van der Waals surface area (Å²) in [5, 5.41) is 0. The smallest absolute Gasteiger partial charge is 0.256 e. The summed E-state index contributed by atoms with van der Waals surface area (Å²) in [5.74, 6) is -0.171. The molecule has 1 heterocycles. The Morgan fingerprint density at radius 2 is 2.11 bits per heavy atom. The maximum Gasteiger partial charge on any atom is 0.256 e. The number of β-lactam (4-membered cyclic amide) rings is 1. The molecule has 0 aromatic rings. The van der Waals surface area contributed by atoms with Crippen molar-refractivity contribution in [2.75, 3.05) is 27.7 Å². The van der Waals surface area contributed by atoms with Crippen LogP contribution in [0, 0.1) is 5.92 Å². The molecule has 6 heteroatoms. The molecule has 0 aliphatic carbocycles. The van der Waals surface area contributed by atoms with Gasteiger partial charge in [-0.15, -0.1) is 0 Å². The lowest BCUT2D eigenvalue weighted by molar-refractivity contribution is -0.198. The molecule has 1 aliphatic rings. The highest BCUT2D eigenvalue weighted by Gasteiger charge is 2.48. The second-order valence-corrected chi connectivity index (χ2v) is 4.33. The van der Waals surface area contributed by atoms with Crippen LogP contribution in [0.4, 0.5) is 0 Å². The average Bonchev–Trinajstić information content (AvgIpc) is 2.40. The zero-order chi connectivity index (χ0) is 13.5. The number of hydrogen-bond acceptors (Lipinski definition) is 5. The van der Waals surface area contributed by atoms with Crippen molar-refractivity contribution >= 4 is 12.2 Å². The number of carbonyl (C=O) groups is 2. The van der Waals surface area contributed by atoms with Gasteiger partial charge < -0.3 is 23.9 Å². The van der Waals surface area contributed by atoms with Crippen LogP contribution < -0.4 is 0 Å². The molecule has 0 N–H and O–H groups in total. The topological polar surface area (TPSA) is 65.1 Å². The maximum absolute atomic E-state index is 11.8. The molecule has 2 unspecified atom stereocenters. The lowest BCUT2D eigenvalue weighted by atomic mass is 9.88. The van der Waals surface area contributed by atoms with Crippen LogP contribution in [-0.2, 0) is 23.8 Å². The number of likely N-dealkylation sites (tertiary alicyclic amines) is 1. The molecule has 0 spiro atoms. The molecule has 1 rings (SSSR count). The summed E-state index contributed by atoms with van der Waals surface area (Å²) in [6, 6.07) is -0.109. The summed E-state index contributed by atoms with van der Waals surface area (Å²) in [7, 11) is 3.04. The molecule has 18 heavy (non-hydrogen) atoms. The van der Waals surface area contributed by atoms with E-state index in [1.165, 1.54) is 14.2 Å². The molecule has 0 radical (unpaired) electrons. The van der Waals surface area contributed by atoms with Gasteiger partial charge in [-0.2, -0.15) is 0 Å². The second kappa shape index (κ2) is 7.45. The molecule has 1 saturated heterocycles. The summed E-state index contributed by atoms with van der Waals surface area (Å²) < 4.78 is 15.1. The zero-order valence-corrected chi connectivity index (χ0v) is 11.1. The number of methoxy groups -OCH3 is 2. The molecular formula is C12H21NO5. The minimum atomic E-state index is -0.519. The molecule has 1 fully saturated rings. The third-order valence-electron chi connectivity index (χ3n) is 3.17. The quantitative estimate of drug-likeness (QED) is 0.341. The van der Waals surface area contributed by atoms with E-state index in [4.69, 9.17) is 14.2 Å². The molecule has 1 aliphatic heterocycles. The summed E-state index contributed by atoms with van der Waals surface area (Å²) >= 11 is 0. The molecule has 6 nitrogen and oxygen atoms in total. The van der Waals surface area contributed by atoms with E-state index in [-0.39, 0.29) is 31.4 Å². The van der Waals surface area contributed by atoms with E-state index in [1.54, 1.807) is 4.90 Å². The van der Waals surface area contributed by atoms with Gasteiger partial charge in [0, 0.05) is 20.1 Å². The fraction of sp³-hybridized carbons (Fsp3) is 0.833. The van der Waals surface area contributed by atoms with Crippen molar-refractivity contribution in [3.05, 3.63) is 0 Å². The first-order chi connectivity index (χ1) is 8.69. The second-order valence-electron chi connectivity index (χ2n) is 4.33. The first-order valence-electron chi connectivity index (χ1n) is 6.04. The first-order valence-corrected chi connectivity index (χ1v) is 6.04. The molecule has 0 bridgehead atoms. The van der Waals surface area contributed by atoms with E-state index in [1.807, 2.05) is 6.92 Å². The van der Waals surface area contributed by atoms with Crippen molar-refractivity contribution in [2.45, 2.75) is 31.9 Å². The van der Waals surface area contributed by atoms with Gasteiger partial charge in [0.15, 0.2) is 6.10 Å². The number of carbonyl (C=O) groups excluding carboxylic acids is 2. The molecule has 0 aromatic carbocycles. The van der Waals surface area contributed by atoms with Gasteiger partial charge in [0.25, 0.3) is 5.91 Å². The van der Waals surface area contributed by atoms with Crippen molar-refractivity contribution in [3.63, 3.8) is 0 Å². The van der Waals surface area contributed by atoms with Gasteiger partial charge in [0.2, 0.25) is 0 Å². The standard InChI is InChI=1S/C12H21NO5/c1-4-9(6-14)5-10-11(18-8-17-3)12(15)13(10)7-16-2/h6,9-11H,4-5,7-8H2,1-3H3/t9?,10?,11-/m1/s1. The Labute approximate surface area is 107 Å². The van der Waals surface area contributed by atoms with E-state index in [9.17, 15) is 9.59 Å². The molecule has 1 amide bonds. The van der Waals surface area contributed by atoms with Crippen LogP contribution in [-0.4, -0.2) is 57.0 Å². The van der Waals surface area contributed by atoms with E-state index in [0.29, 0.717) is 6.42 Å². The number of nitrogens with zero attached hydrogens (tertiary/aromatic N) is 1. The van der Waals surface area contributed by atoms with Crippen LogP contribution in [0.5, 0.6) is 0 Å². The largest absolute Gasteiger partial charge is 0.364 e. The summed E-state index contributed by atoms with van der Waals surface area (Å²) in [6.07, 6.45) is 1.77. The highest BCUT2D eigenvalue weighted by atomic mass is 16.7. The molecule has 0 saturated carbocycles. The fourth-order valence-corrected chi connectivity index (χ4v) is 2.07. The number of rotatable bonds is 9. The van der Waals surface area contributed by atoms with Gasteiger partial charge in [-0.1, -0.05) is 6.92 Å². The van der Waals surface area contributed by atoms with E-state index >= 15 is 0 Å². The predicted molar refractivity (Wildman–Crippen MR) is 63.7 cm³/mol. The van der Waals surface area contributed by atoms with E-state index in [2.05, 4.69) is 0 Å². The third kappa shape index (κ3) is 3.28. The zero-order valence-electron chi connectivity index (χ0n) is 11.1. The van der Waals surface area contributed by atoms with Gasteiger partial charge in [-0.05, 0) is 12.8 Å². The number of ether oxygens (including phenoxy) is 3. The summed E-state index contributed by atoms with van der Waals surface area (Å²) in [4.78, 5) is 24.3. The first kappa shape index (κ1) is 15.1. The van der Waals surface area contributed by atoms with E-state index < -0.39 is 6.10 Å². The van der Waals surface area contributed by atoms with Crippen LogP contribution in [0.3, 0.4) is 0 Å². The van der Waals surface area contributed by atoms with Crippen LogP contribution >= 0.6 is 0 Å². The molecule has 0 aromatic heterocycles. The fourth-order valence-electron chi connectivity index (χ4n) is 2.07. The normalized spacial score (nSPS) is 24.8. The van der Waals surface area contributed by atoms with Crippen molar-refractivity contribution in [1.29, 1.82) is 0 Å². The highest BCUT2D eigenvalue weighted by Crippen LogP contribution is 2.28. The number of aldehydes is 1. The lowest BCUT2D eigenvalue weighted by Gasteiger charge is -2.46. The Hall–Kier alpha value is -0.980. The Balaban J connectivity index is 2.60. The number of hydrogen-bond donors (Lipinski definition) is 0. The van der Waals surface area contributed by atoms with E-state index in [0.717, 1.165) is 12.7 Å². The summed E-state index contributed by atoms with van der Waals surface area (Å²) in [6.45, 7) is 2.25. The van der Waals surface area contributed by atoms with Crippen molar-refractivity contribution in [1.82, 2.24) is 4.90 Å². The average molecular weight is 259 g/mol. The SMILES string of the molecule is CCC(C=O)CC1[C@@H](OCOC)C(=O)N1COC. The van der Waals surface area contributed by atoms with Gasteiger partial charge in [-0.3, -0.25) is 4.79 Å². The van der Waals surface area contributed by atoms with Gasteiger partial charge >= 0.3 is 0 Å². The highest BCUT2D eigenvalue weighted by molar-refractivity contribution is 5.88. The van der Waals surface area contributed by atoms with Crippen molar-refractivity contribution in [2.24, 2.45) is 5.92 Å². The Bertz CT molecular complexity index is 284. The van der Waals surface area contributed by atoms with Gasteiger partial charge in [0.05, 0.1) is 6.04 Å². The van der Waals surface area contributed by atoms with Crippen LogP contribution in [0.1, 0.15) is 19.8 Å². The Kier molecular flexibility index (Phi) is 6.24. The van der Waals surface area contributed by atoms with Gasteiger partial charge in [-0.25, -0.2) is 0 Å². The van der Waals surface area contributed by atoms with Gasteiger partial charge in [0.1, 0.15) is 19.8 Å². The van der Waals surface area contributed by atoms with Crippen LogP contribution in [0.25, 0.3) is 0 Å². The molecule has 3 atom stereocenters. The predicted octanol–water partition coefficient (Wildman–Crippen LogP) is 0.405. The van der Waals surface area contributed by atoms with Crippen molar-refractivity contribution < 1.29 is 23.8 Å². The number of amides is 1.